The normalized spacial score (nSPS) is 14.3. The molecule has 22 heavy (non-hydrogen) atoms. The summed E-state index contributed by atoms with van der Waals surface area (Å²) in [5.74, 6) is 1.44. The van der Waals surface area contributed by atoms with Gasteiger partial charge in [-0.25, -0.2) is 0 Å². The lowest BCUT2D eigenvalue weighted by Gasteiger charge is -2.28. The van der Waals surface area contributed by atoms with Crippen molar-refractivity contribution < 1.29 is 4.74 Å². The molecule has 5 heteroatoms. The Labute approximate surface area is 136 Å². The van der Waals surface area contributed by atoms with Crippen LogP contribution in [0.1, 0.15) is 49.2 Å². The lowest BCUT2D eigenvalue weighted by atomic mass is 10.00. The van der Waals surface area contributed by atoms with E-state index in [1.54, 1.807) is 11.3 Å². The zero-order chi connectivity index (χ0) is 15.5. The first-order valence-electron chi connectivity index (χ1n) is 8.00. The molecule has 2 aromatic rings. The second kappa shape index (κ2) is 6.65. The smallest absolute Gasteiger partial charge is 0.208 e. The van der Waals surface area contributed by atoms with Gasteiger partial charge >= 0.3 is 0 Å². The summed E-state index contributed by atoms with van der Waals surface area (Å²) < 4.78 is 5.73. The van der Waals surface area contributed by atoms with Crippen molar-refractivity contribution in [2.75, 3.05) is 18.1 Å². The van der Waals surface area contributed by atoms with Crippen LogP contribution in [-0.2, 0) is 13.0 Å². The molecular formula is C17H23N3OS. The Bertz CT molecular complexity index is 639. The number of rotatable bonds is 5. The Kier molecular flexibility index (Phi) is 4.62. The van der Waals surface area contributed by atoms with Crippen LogP contribution in [0.2, 0.25) is 0 Å². The van der Waals surface area contributed by atoms with Crippen LogP contribution in [-0.4, -0.2) is 23.3 Å². The van der Waals surface area contributed by atoms with Crippen LogP contribution in [0.3, 0.4) is 0 Å². The molecule has 118 valence electrons. The molecule has 2 heterocycles. The third kappa shape index (κ3) is 3.24. The zero-order valence-corrected chi connectivity index (χ0v) is 14.3. The summed E-state index contributed by atoms with van der Waals surface area (Å²) in [5, 5.41) is 10.8. The Morgan fingerprint density at radius 2 is 2.14 bits per heavy atom. The van der Waals surface area contributed by atoms with Gasteiger partial charge < -0.3 is 9.64 Å². The van der Waals surface area contributed by atoms with Crippen molar-refractivity contribution in [3.63, 3.8) is 0 Å². The fraction of sp³-hybridized carbons (Fsp3) is 0.529. The summed E-state index contributed by atoms with van der Waals surface area (Å²) in [6.45, 7) is 9.14. The van der Waals surface area contributed by atoms with Gasteiger partial charge in [-0.1, -0.05) is 38.2 Å². The topological polar surface area (TPSA) is 38.2 Å². The van der Waals surface area contributed by atoms with E-state index in [4.69, 9.17) is 4.74 Å². The molecule has 0 unspecified atom stereocenters. The second-order valence-corrected chi connectivity index (χ2v) is 7.02. The maximum Gasteiger partial charge on any atom is 0.208 e. The van der Waals surface area contributed by atoms with E-state index in [1.165, 1.54) is 11.1 Å². The number of hydrogen-bond donors (Lipinski definition) is 0. The van der Waals surface area contributed by atoms with Crippen LogP contribution < -0.4 is 9.64 Å². The van der Waals surface area contributed by atoms with E-state index in [2.05, 4.69) is 54.1 Å². The van der Waals surface area contributed by atoms with Gasteiger partial charge in [0.1, 0.15) is 10.8 Å². The molecular weight excluding hydrogens is 294 g/mol. The molecule has 1 aliphatic heterocycles. The van der Waals surface area contributed by atoms with Gasteiger partial charge in [0, 0.05) is 19.0 Å². The average molecular weight is 317 g/mol. The first kappa shape index (κ1) is 15.3. The predicted octanol–water partition coefficient (Wildman–Crippen LogP) is 4.01. The minimum absolute atomic E-state index is 0.446. The summed E-state index contributed by atoms with van der Waals surface area (Å²) in [4.78, 5) is 2.33. The molecule has 1 aromatic heterocycles. The van der Waals surface area contributed by atoms with Crippen LogP contribution >= 0.6 is 11.3 Å². The highest BCUT2D eigenvalue weighted by Crippen LogP contribution is 2.30. The summed E-state index contributed by atoms with van der Waals surface area (Å²) in [6.07, 6.45) is 2.08. The van der Waals surface area contributed by atoms with Gasteiger partial charge in [0.25, 0.3) is 0 Å². The summed E-state index contributed by atoms with van der Waals surface area (Å²) >= 11 is 1.72. The zero-order valence-electron chi connectivity index (χ0n) is 13.5. The molecule has 4 nitrogen and oxygen atoms in total. The van der Waals surface area contributed by atoms with Crippen molar-refractivity contribution in [1.29, 1.82) is 0 Å². The van der Waals surface area contributed by atoms with Gasteiger partial charge in [-0.05, 0) is 36.1 Å². The molecule has 0 saturated heterocycles. The Balaban J connectivity index is 1.73. The third-order valence-electron chi connectivity index (χ3n) is 3.86. The van der Waals surface area contributed by atoms with Crippen molar-refractivity contribution in [3.05, 3.63) is 34.3 Å². The van der Waals surface area contributed by atoms with Gasteiger partial charge in [0.05, 0.1) is 6.61 Å². The van der Waals surface area contributed by atoms with Crippen molar-refractivity contribution >= 4 is 16.5 Å². The van der Waals surface area contributed by atoms with E-state index >= 15 is 0 Å². The molecule has 0 radical (unpaired) electrons. The van der Waals surface area contributed by atoms with E-state index in [9.17, 15) is 0 Å². The number of fused-ring (bicyclic) bond motifs is 1. The molecule has 0 fully saturated rings. The summed E-state index contributed by atoms with van der Waals surface area (Å²) in [7, 11) is 0. The van der Waals surface area contributed by atoms with Crippen LogP contribution in [0, 0.1) is 0 Å². The highest BCUT2D eigenvalue weighted by molar-refractivity contribution is 7.15. The fourth-order valence-electron chi connectivity index (χ4n) is 2.59. The van der Waals surface area contributed by atoms with E-state index < -0.39 is 0 Å². The number of hydrogen-bond acceptors (Lipinski definition) is 5. The number of ether oxygens (including phenoxy) is 1. The van der Waals surface area contributed by atoms with Gasteiger partial charge in [0.15, 0.2) is 0 Å². The minimum Gasteiger partial charge on any atom is -0.494 e. The van der Waals surface area contributed by atoms with Gasteiger partial charge in [-0.2, -0.15) is 0 Å². The first-order valence-corrected chi connectivity index (χ1v) is 8.82. The second-order valence-electron chi connectivity index (χ2n) is 6.03. The van der Waals surface area contributed by atoms with Crippen LogP contribution in [0.25, 0.3) is 0 Å². The molecule has 0 aliphatic carbocycles. The summed E-state index contributed by atoms with van der Waals surface area (Å²) in [5.41, 5.74) is 2.77. The lowest BCUT2D eigenvalue weighted by Crippen LogP contribution is -2.30. The molecule has 0 N–H and O–H groups in total. The molecule has 3 rings (SSSR count). The number of benzene rings is 1. The van der Waals surface area contributed by atoms with E-state index in [0.717, 1.165) is 48.4 Å². The van der Waals surface area contributed by atoms with E-state index in [-0.39, 0.29) is 0 Å². The first-order chi connectivity index (χ1) is 10.7. The van der Waals surface area contributed by atoms with Crippen molar-refractivity contribution in [3.8, 4) is 5.75 Å². The number of aromatic nitrogens is 2. The molecule has 0 amide bonds. The maximum atomic E-state index is 5.73. The highest BCUT2D eigenvalue weighted by Gasteiger charge is 2.20. The van der Waals surface area contributed by atoms with Crippen LogP contribution in [0.15, 0.2) is 18.2 Å². The Morgan fingerprint density at radius 1 is 1.27 bits per heavy atom. The Hall–Kier alpha value is -1.62. The van der Waals surface area contributed by atoms with Gasteiger partial charge in [-0.15, -0.1) is 10.2 Å². The molecule has 1 aromatic carbocycles. The van der Waals surface area contributed by atoms with Crippen molar-refractivity contribution in [2.24, 2.45) is 0 Å². The number of anilines is 1. The third-order valence-corrected chi connectivity index (χ3v) is 5.14. The lowest BCUT2D eigenvalue weighted by molar-refractivity contribution is 0.317. The maximum absolute atomic E-state index is 5.73. The van der Waals surface area contributed by atoms with Crippen LogP contribution in [0.5, 0.6) is 5.75 Å². The van der Waals surface area contributed by atoms with Crippen LogP contribution in [0.4, 0.5) is 5.13 Å². The van der Waals surface area contributed by atoms with Crippen molar-refractivity contribution in [1.82, 2.24) is 10.2 Å². The van der Waals surface area contributed by atoms with Gasteiger partial charge in [-0.3, -0.25) is 0 Å². The largest absolute Gasteiger partial charge is 0.494 e. The molecule has 1 aliphatic rings. The van der Waals surface area contributed by atoms with Gasteiger partial charge in [0.2, 0.25) is 5.13 Å². The summed E-state index contributed by atoms with van der Waals surface area (Å²) in [6, 6.07) is 6.47. The quantitative estimate of drug-likeness (QED) is 0.835. The van der Waals surface area contributed by atoms with Crippen molar-refractivity contribution in [2.45, 2.75) is 46.1 Å². The standard InChI is InChI=1S/C17H23N3OS/c1-4-9-21-15-6-5-14-11-20(8-7-13(14)10-15)17-19-18-16(22-17)12(2)3/h5-6,10,12H,4,7-9,11H2,1-3H3. The molecule has 0 bridgehead atoms. The average Bonchev–Trinajstić information content (AvgIpc) is 3.02. The fourth-order valence-corrected chi connectivity index (χ4v) is 3.46. The molecule has 0 atom stereocenters. The van der Waals surface area contributed by atoms with E-state index in [1.807, 2.05) is 0 Å². The number of nitrogens with zero attached hydrogens (tertiary/aromatic N) is 3. The molecule has 0 spiro atoms. The monoisotopic (exact) mass is 317 g/mol. The Morgan fingerprint density at radius 3 is 2.86 bits per heavy atom. The highest BCUT2D eigenvalue weighted by atomic mass is 32.1. The minimum atomic E-state index is 0.446. The molecule has 0 saturated carbocycles. The van der Waals surface area contributed by atoms with E-state index in [0.29, 0.717) is 5.92 Å². The SMILES string of the molecule is CCCOc1ccc2c(c1)CCN(c1nnc(C(C)C)s1)C2. The predicted molar refractivity (Wildman–Crippen MR) is 91.0 cm³/mol.